The molecule has 4 rings (SSSR count). The van der Waals surface area contributed by atoms with E-state index in [1.54, 1.807) is 0 Å². The highest BCUT2D eigenvalue weighted by Gasteiger charge is 2.24. The van der Waals surface area contributed by atoms with Crippen LogP contribution < -0.4 is 5.32 Å². The summed E-state index contributed by atoms with van der Waals surface area (Å²) in [4.78, 5) is 15.8. The fourth-order valence-corrected chi connectivity index (χ4v) is 4.04. The summed E-state index contributed by atoms with van der Waals surface area (Å²) < 4.78 is 0. The number of rotatable bonds is 3. The maximum Gasteiger partial charge on any atom is 0.220 e. The second kappa shape index (κ2) is 5.88. The zero-order chi connectivity index (χ0) is 15.8. The van der Waals surface area contributed by atoms with Crippen molar-refractivity contribution in [2.45, 2.75) is 51.5 Å². The van der Waals surface area contributed by atoms with E-state index in [0.717, 1.165) is 32.1 Å². The van der Waals surface area contributed by atoms with E-state index in [4.69, 9.17) is 0 Å². The molecule has 120 valence electrons. The summed E-state index contributed by atoms with van der Waals surface area (Å²) in [7, 11) is 0. The first-order valence-corrected chi connectivity index (χ1v) is 8.75. The Morgan fingerprint density at radius 3 is 3.09 bits per heavy atom. The minimum atomic E-state index is 0.214. The van der Waals surface area contributed by atoms with Crippen LogP contribution in [0.25, 0.3) is 10.9 Å². The summed E-state index contributed by atoms with van der Waals surface area (Å²) in [5.74, 6) is 0.663. The molecule has 2 aliphatic carbocycles. The van der Waals surface area contributed by atoms with Gasteiger partial charge in [0.1, 0.15) is 0 Å². The number of carbonyl (C=O) groups excluding carboxylic acids is 1. The summed E-state index contributed by atoms with van der Waals surface area (Å²) in [6.45, 7) is 2.13. The van der Waals surface area contributed by atoms with Crippen LogP contribution in [0.4, 0.5) is 0 Å². The van der Waals surface area contributed by atoms with Crippen LogP contribution in [0.2, 0.25) is 0 Å². The molecule has 2 aliphatic rings. The Hall–Kier alpha value is -2.03. The van der Waals surface area contributed by atoms with Gasteiger partial charge in [0.15, 0.2) is 0 Å². The van der Waals surface area contributed by atoms with E-state index in [1.807, 2.05) is 0 Å². The van der Waals surface area contributed by atoms with Crippen LogP contribution in [0.3, 0.4) is 0 Å². The van der Waals surface area contributed by atoms with Gasteiger partial charge in [-0.15, -0.1) is 0 Å². The van der Waals surface area contributed by atoms with Crippen molar-refractivity contribution in [2.24, 2.45) is 5.92 Å². The van der Waals surface area contributed by atoms with Gasteiger partial charge in [-0.05, 0) is 62.6 Å². The van der Waals surface area contributed by atoms with Crippen LogP contribution in [0, 0.1) is 12.8 Å². The van der Waals surface area contributed by atoms with Gasteiger partial charge in [-0.1, -0.05) is 23.8 Å². The third kappa shape index (κ3) is 2.92. The summed E-state index contributed by atoms with van der Waals surface area (Å²) in [6.07, 6.45) is 10.3. The molecule has 0 radical (unpaired) electrons. The lowest BCUT2D eigenvalue weighted by Gasteiger charge is -2.24. The van der Waals surface area contributed by atoms with Crippen LogP contribution in [-0.2, 0) is 17.6 Å². The van der Waals surface area contributed by atoms with Crippen LogP contribution in [0.15, 0.2) is 30.4 Å². The summed E-state index contributed by atoms with van der Waals surface area (Å²) >= 11 is 0. The fourth-order valence-electron chi connectivity index (χ4n) is 4.04. The Bertz CT molecular complexity index is 771. The number of aryl methyl sites for hydroxylation is 2. The molecule has 2 N–H and O–H groups in total. The highest BCUT2D eigenvalue weighted by atomic mass is 16.1. The van der Waals surface area contributed by atoms with Gasteiger partial charge in [0.05, 0.1) is 0 Å². The van der Waals surface area contributed by atoms with E-state index >= 15 is 0 Å². The normalized spacial score (nSPS) is 23.2. The molecule has 2 aromatic rings. The Labute approximate surface area is 137 Å². The number of fused-ring (bicyclic) bond motifs is 3. The lowest BCUT2D eigenvalue weighted by Crippen LogP contribution is -2.39. The third-order valence-corrected chi connectivity index (χ3v) is 5.27. The van der Waals surface area contributed by atoms with Crippen molar-refractivity contribution in [3.8, 4) is 0 Å². The highest BCUT2D eigenvalue weighted by Crippen LogP contribution is 2.30. The number of hydrogen-bond donors (Lipinski definition) is 2. The number of allylic oxidation sites excluding steroid dienone is 2. The van der Waals surface area contributed by atoms with Gasteiger partial charge in [-0.3, -0.25) is 4.79 Å². The minimum Gasteiger partial charge on any atom is -0.358 e. The highest BCUT2D eigenvalue weighted by molar-refractivity contribution is 5.86. The van der Waals surface area contributed by atoms with E-state index < -0.39 is 0 Å². The van der Waals surface area contributed by atoms with Gasteiger partial charge in [0.2, 0.25) is 5.91 Å². The molecule has 0 saturated heterocycles. The molecule has 0 saturated carbocycles. The summed E-state index contributed by atoms with van der Waals surface area (Å²) in [5, 5.41) is 4.60. The number of aromatic nitrogens is 1. The van der Waals surface area contributed by atoms with Crippen LogP contribution in [0.5, 0.6) is 0 Å². The van der Waals surface area contributed by atoms with Gasteiger partial charge < -0.3 is 10.3 Å². The number of benzene rings is 1. The van der Waals surface area contributed by atoms with Gasteiger partial charge >= 0.3 is 0 Å². The van der Waals surface area contributed by atoms with Gasteiger partial charge in [-0.25, -0.2) is 0 Å². The zero-order valence-corrected chi connectivity index (χ0v) is 13.7. The van der Waals surface area contributed by atoms with E-state index in [-0.39, 0.29) is 11.9 Å². The van der Waals surface area contributed by atoms with Crippen molar-refractivity contribution in [1.29, 1.82) is 0 Å². The van der Waals surface area contributed by atoms with Crippen molar-refractivity contribution >= 4 is 16.8 Å². The Kier molecular flexibility index (Phi) is 3.72. The third-order valence-electron chi connectivity index (χ3n) is 5.27. The second-order valence-electron chi connectivity index (χ2n) is 7.11. The first-order chi connectivity index (χ1) is 11.2. The predicted molar refractivity (Wildman–Crippen MR) is 93.5 cm³/mol. The van der Waals surface area contributed by atoms with E-state index in [9.17, 15) is 4.79 Å². The molecule has 0 spiro atoms. The first-order valence-electron chi connectivity index (χ1n) is 8.75. The molecule has 3 nitrogen and oxygen atoms in total. The van der Waals surface area contributed by atoms with Crippen molar-refractivity contribution in [1.82, 2.24) is 10.3 Å². The average molecular weight is 308 g/mol. The SMILES string of the molecule is Cc1ccc2[nH]c3c(c2c1)C[C@@H](NC(=O)C[C@H]1C=CCC1)CC3. The number of H-pyrrole nitrogens is 1. The Balaban J connectivity index is 1.47. The molecule has 1 aromatic carbocycles. The maximum absolute atomic E-state index is 12.3. The molecular formula is C20H24N2O. The molecule has 0 bridgehead atoms. The number of carbonyl (C=O) groups is 1. The number of amides is 1. The second-order valence-corrected chi connectivity index (χ2v) is 7.11. The topological polar surface area (TPSA) is 44.9 Å². The monoisotopic (exact) mass is 308 g/mol. The van der Waals surface area contributed by atoms with Crippen LogP contribution in [0.1, 0.15) is 42.5 Å². The lowest BCUT2D eigenvalue weighted by molar-refractivity contribution is -0.122. The number of hydrogen-bond acceptors (Lipinski definition) is 1. The van der Waals surface area contributed by atoms with E-state index in [2.05, 4.69) is 47.6 Å². The molecule has 0 aliphatic heterocycles. The molecule has 1 heterocycles. The molecule has 23 heavy (non-hydrogen) atoms. The Morgan fingerprint density at radius 1 is 1.35 bits per heavy atom. The largest absolute Gasteiger partial charge is 0.358 e. The van der Waals surface area contributed by atoms with Crippen molar-refractivity contribution in [3.63, 3.8) is 0 Å². The summed E-state index contributed by atoms with van der Waals surface area (Å²) in [6, 6.07) is 6.86. The van der Waals surface area contributed by atoms with Gasteiger partial charge in [-0.2, -0.15) is 0 Å². The first kappa shape index (κ1) is 14.6. The van der Waals surface area contributed by atoms with Crippen molar-refractivity contribution < 1.29 is 4.79 Å². The molecule has 2 atom stereocenters. The molecule has 3 heteroatoms. The Morgan fingerprint density at radius 2 is 2.26 bits per heavy atom. The smallest absolute Gasteiger partial charge is 0.220 e. The fraction of sp³-hybridized carbons (Fsp3) is 0.450. The van der Waals surface area contributed by atoms with Crippen molar-refractivity contribution in [2.75, 3.05) is 0 Å². The van der Waals surface area contributed by atoms with E-state index in [0.29, 0.717) is 12.3 Å². The number of aromatic amines is 1. The number of nitrogens with one attached hydrogen (secondary N) is 2. The maximum atomic E-state index is 12.3. The van der Waals surface area contributed by atoms with Crippen LogP contribution >= 0.6 is 0 Å². The van der Waals surface area contributed by atoms with Crippen molar-refractivity contribution in [3.05, 3.63) is 47.2 Å². The standard InChI is InChI=1S/C20H24N2O/c1-13-6-8-18-16(10-13)17-12-15(7-9-19(17)22-18)21-20(23)11-14-4-2-3-5-14/h2,4,6,8,10,14-15,22H,3,5,7,9,11-12H2,1H3,(H,21,23)/t14-,15-/m0/s1. The summed E-state index contributed by atoms with van der Waals surface area (Å²) in [5.41, 5.74) is 5.28. The van der Waals surface area contributed by atoms with Gasteiger partial charge in [0.25, 0.3) is 0 Å². The molecule has 1 aromatic heterocycles. The molecule has 1 amide bonds. The molecular weight excluding hydrogens is 284 g/mol. The minimum absolute atomic E-state index is 0.214. The lowest BCUT2D eigenvalue weighted by atomic mass is 9.91. The quantitative estimate of drug-likeness (QED) is 0.832. The molecule has 0 unspecified atom stereocenters. The molecule has 0 fully saturated rings. The van der Waals surface area contributed by atoms with Gasteiger partial charge in [0, 0.05) is 29.1 Å². The zero-order valence-electron chi connectivity index (χ0n) is 13.7. The van der Waals surface area contributed by atoms with Crippen LogP contribution in [-0.4, -0.2) is 16.9 Å². The predicted octanol–water partition coefficient (Wildman–Crippen LogP) is 3.81. The average Bonchev–Trinajstić information content (AvgIpc) is 3.14. The van der Waals surface area contributed by atoms with E-state index in [1.165, 1.54) is 27.7 Å².